The van der Waals surface area contributed by atoms with Crippen LogP contribution in [0.15, 0.2) is 24.3 Å². The highest BCUT2D eigenvalue weighted by molar-refractivity contribution is 5.87. The van der Waals surface area contributed by atoms with Crippen molar-refractivity contribution < 1.29 is 14.6 Å². The van der Waals surface area contributed by atoms with Gasteiger partial charge in [-0.1, -0.05) is 31.9 Å². The minimum atomic E-state index is -0.886. The van der Waals surface area contributed by atoms with E-state index in [0.29, 0.717) is 24.2 Å². The molecule has 2 atom stereocenters. The van der Waals surface area contributed by atoms with Crippen molar-refractivity contribution in [3.63, 3.8) is 0 Å². The summed E-state index contributed by atoms with van der Waals surface area (Å²) in [6.07, 6.45) is 5.33. The summed E-state index contributed by atoms with van der Waals surface area (Å²) in [5.41, 5.74) is 1.36. The van der Waals surface area contributed by atoms with E-state index in [-0.39, 0.29) is 0 Å². The lowest BCUT2D eigenvalue weighted by molar-refractivity contribution is -0.0154. The number of rotatable bonds is 4. The van der Waals surface area contributed by atoms with Crippen LogP contribution < -0.4 is 0 Å². The highest BCUT2D eigenvalue weighted by Gasteiger charge is 2.21. The summed E-state index contributed by atoms with van der Waals surface area (Å²) in [5, 5.41) is 8.81. The van der Waals surface area contributed by atoms with E-state index >= 15 is 0 Å². The van der Waals surface area contributed by atoms with Crippen LogP contribution in [0, 0.1) is 5.92 Å². The molecule has 1 saturated carbocycles. The van der Waals surface area contributed by atoms with Crippen LogP contribution in [-0.2, 0) is 11.3 Å². The van der Waals surface area contributed by atoms with Crippen molar-refractivity contribution in [3.05, 3.63) is 35.4 Å². The second kappa shape index (κ2) is 6.01. The smallest absolute Gasteiger partial charge is 0.335 e. The first-order valence-electron chi connectivity index (χ1n) is 6.60. The zero-order valence-electron chi connectivity index (χ0n) is 10.8. The van der Waals surface area contributed by atoms with Crippen LogP contribution in [0.3, 0.4) is 0 Å². The molecule has 0 aliphatic heterocycles. The summed E-state index contributed by atoms with van der Waals surface area (Å²) in [5.74, 6) is -0.250. The topological polar surface area (TPSA) is 46.5 Å². The summed E-state index contributed by atoms with van der Waals surface area (Å²) < 4.78 is 5.93. The Bertz CT molecular complexity index is 397. The van der Waals surface area contributed by atoms with Crippen LogP contribution in [0.25, 0.3) is 0 Å². The number of hydrogen-bond donors (Lipinski definition) is 1. The predicted molar refractivity (Wildman–Crippen MR) is 69.6 cm³/mol. The van der Waals surface area contributed by atoms with Crippen molar-refractivity contribution in [2.24, 2.45) is 5.92 Å². The second-order valence-electron chi connectivity index (χ2n) is 5.11. The lowest BCUT2D eigenvalue weighted by atomic mass is 9.88. The fourth-order valence-corrected chi connectivity index (χ4v) is 2.48. The van der Waals surface area contributed by atoms with Crippen LogP contribution in [0.1, 0.15) is 48.5 Å². The van der Waals surface area contributed by atoms with E-state index in [0.717, 1.165) is 12.0 Å². The van der Waals surface area contributed by atoms with E-state index in [2.05, 4.69) is 6.92 Å². The van der Waals surface area contributed by atoms with Crippen LogP contribution in [-0.4, -0.2) is 17.2 Å². The predicted octanol–water partition coefficient (Wildman–Crippen LogP) is 3.48. The fraction of sp³-hybridized carbons (Fsp3) is 0.533. The van der Waals surface area contributed by atoms with Gasteiger partial charge in [0, 0.05) is 0 Å². The minimum Gasteiger partial charge on any atom is -0.478 e. The highest BCUT2D eigenvalue weighted by Crippen LogP contribution is 2.27. The Morgan fingerprint density at radius 3 is 2.56 bits per heavy atom. The zero-order chi connectivity index (χ0) is 13.0. The maximum atomic E-state index is 10.7. The highest BCUT2D eigenvalue weighted by atomic mass is 16.5. The molecule has 0 saturated heterocycles. The Morgan fingerprint density at radius 1 is 1.28 bits per heavy atom. The third-order valence-electron chi connectivity index (χ3n) is 3.70. The molecule has 0 radical (unpaired) electrons. The van der Waals surface area contributed by atoms with E-state index < -0.39 is 5.97 Å². The van der Waals surface area contributed by atoms with Crippen LogP contribution in [0.2, 0.25) is 0 Å². The average Bonchev–Trinajstić information content (AvgIpc) is 2.38. The molecular weight excluding hydrogens is 228 g/mol. The third kappa shape index (κ3) is 3.33. The standard InChI is InChI=1S/C15H20O3/c1-11-4-2-3-5-14(11)18-10-12-6-8-13(9-7-12)15(16)17/h6-9,11,14H,2-5,10H2,1H3,(H,16,17). The molecule has 2 rings (SSSR count). The summed E-state index contributed by atoms with van der Waals surface area (Å²) in [4.78, 5) is 10.7. The normalized spacial score (nSPS) is 23.8. The van der Waals surface area contributed by atoms with Crippen molar-refractivity contribution in [1.82, 2.24) is 0 Å². The van der Waals surface area contributed by atoms with Crippen molar-refractivity contribution in [2.45, 2.75) is 45.3 Å². The van der Waals surface area contributed by atoms with Gasteiger partial charge in [0.2, 0.25) is 0 Å². The summed E-state index contributed by atoms with van der Waals surface area (Å²) in [6.45, 7) is 2.83. The number of ether oxygens (including phenoxy) is 1. The molecule has 1 N–H and O–H groups in total. The first-order chi connectivity index (χ1) is 8.66. The number of hydrogen-bond acceptors (Lipinski definition) is 2. The number of aromatic carboxylic acids is 1. The Kier molecular flexibility index (Phi) is 4.37. The van der Waals surface area contributed by atoms with Gasteiger partial charge in [0.1, 0.15) is 0 Å². The van der Waals surface area contributed by atoms with Crippen LogP contribution in [0.4, 0.5) is 0 Å². The Hall–Kier alpha value is -1.35. The summed E-state index contributed by atoms with van der Waals surface area (Å²) in [7, 11) is 0. The quantitative estimate of drug-likeness (QED) is 0.887. The van der Waals surface area contributed by atoms with Gasteiger partial charge in [-0.25, -0.2) is 4.79 Å². The van der Waals surface area contributed by atoms with E-state index in [1.807, 2.05) is 12.1 Å². The Balaban J connectivity index is 1.87. The molecule has 98 valence electrons. The van der Waals surface area contributed by atoms with Gasteiger partial charge in [-0.2, -0.15) is 0 Å². The Labute approximate surface area is 108 Å². The summed E-state index contributed by atoms with van der Waals surface area (Å²) in [6, 6.07) is 6.92. The second-order valence-corrected chi connectivity index (χ2v) is 5.11. The van der Waals surface area contributed by atoms with E-state index in [1.165, 1.54) is 19.3 Å². The number of carbonyl (C=O) groups is 1. The first kappa shape index (κ1) is 13.1. The molecular formula is C15H20O3. The molecule has 0 aromatic heterocycles. The molecule has 0 amide bonds. The molecule has 0 bridgehead atoms. The number of carboxylic acids is 1. The minimum absolute atomic E-state index is 0.324. The molecule has 1 aromatic carbocycles. The largest absolute Gasteiger partial charge is 0.478 e. The lowest BCUT2D eigenvalue weighted by Crippen LogP contribution is -2.25. The maximum absolute atomic E-state index is 10.7. The van der Waals surface area contributed by atoms with Gasteiger partial charge in [-0.05, 0) is 36.5 Å². The zero-order valence-corrected chi connectivity index (χ0v) is 10.8. The molecule has 18 heavy (non-hydrogen) atoms. The molecule has 0 heterocycles. The monoisotopic (exact) mass is 248 g/mol. The Morgan fingerprint density at radius 2 is 1.94 bits per heavy atom. The van der Waals surface area contributed by atoms with Crippen molar-refractivity contribution >= 4 is 5.97 Å². The molecule has 1 aliphatic rings. The maximum Gasteiger partial charge on any atom is 0.335 e. The molecule has 1 aromatic rings. The summed E-state index contributed by atoms with van der Waals surface area (Å²) >= 11 is 0. The van der Waals surface area contributed by atoms with Gasteiger partial charge in [-0.3, -0.25) is 0 Å². The van der Waals surface area contributed by atoms with Gasteiger partial charge in [0.05, 0.1) is 18.3 Å². The number of benzene rings is 1. The molecule has 1 fully saturated rings. The molecule has 3 nitrogen and oxygen atoms in total. The van der Waals surface area contributed by atoms with Gasteiger partial charge in [0.25, 0.3) is 0 Å². The lowest BCUT2D eigenvalue weighted by Gasteiger charge is -2.28. The third-order valence-corrected chi connectivity index (χ3v) is 3.70. The van der Waals surface area contributed by atoms with Crippen LogP contribution in [0.5, 0.6) is 0 Å². The van der Waals surface area contributed by atoms with Gasteiger partial charge >= 0.3 is 5.97 Å². The van der Waals surface area contributed by atoms with Crippen molar-refractivity contribution in [1.29, 1.82) is 0 Å². The molecule has 1 aliphatic carbocycles. The van der Waals surface area contributed by atoms with Crippen molar-refractivity contribution in [2.75, 3.05) is 0 Å². The van der Waals surface area contributed by atoms with Crippen LogP contribution >= 0.6 is 0 Å². The molecule has 2 unspecified atom stereocenters. The van der Waals surface area contributed by atoms with E-state index in [9.17, 15) is 4.79 Å². The number of carboxylic acid groups (broad SMARTS) is 1. The SMILES string of the molecule is CC1CCCCC1OCc1ccc(C(=O)O)cc1. The van der Waals surface area contributed by atoms with Gasteiger partial charge in [-0.15, -0.1) is 0 Å². The molecule has 0 spiro atoms. The van der Waals surface area contributed by atoms with Gasteiger partial charge < -0.3 is 9.84 Å². The van der Waals surface area contributed by atoms with E-state index in [1.54, 1.807) is 12.1 Å². The fourth-order valence-electron chi connectivity index (χ4n) is 2.48. The molecule has 3 heteroatoms. The first-order valence-corrected chi connectivity index (χ1v) is 6.60. The average molecular weight is 248 g/mol. The van der Waals surface area contributed by atoms with Crippen molar-refractivity contribution in [3.8, 4) is 0 Å². The van der Waals surface area contributed by atoms with Gasteiger partial charge in [0.15, 0.2) is 0 Å². The van der Waals surface area contributed by atoms with E-state index in [4.69, 9.17) is 9.84 Å².